The number of aliphatic imine (C=N–C) groups is 1. The van der Waals surface area contributed by atoms with Crippen LogP contribution in [0.25, 0.3) is 11.8 Å². The smallest absolute Gasteiger partial charge is 0.283 e. The molecule has 1 N–H and O–H groups in total. The summed E-state index contributed by atoms with van der Waals surface area (Å²) in [6, 6.07) is 22.6. The number of nitrogens with zero attached hydrogens (tertiary/aromatic N) is 2. The largest absolute Gasteiger partial charge is 0.490 e. The van der Waals surface area contributed by atoms with Crippen LogP contribution in [0, 0.1) is 5.41 Å². The molecule has 0 bridgehead atoms. The highest BCUT2D eigenvalue weighted by Crippen LogP contribution is 2.39. The van der Waals surface area contributed by atoms with Crippen molar-refractivity contribution in [1.82, 2.24) is 4.90 Å². The van der Waals surface area contributed by atoms with Gasteiger partial charge < -0.3 is 14.2 Å². The minimum Gasteiger partial charge on any atom is -0.490 e. The van der Waals surface area contributed by atoms with Crippen molar-refractivity contribution in [2.75, 3.05) is 19.8 Å². The summed E-state index contributed by atoms with van der Waals surface area (Å²) in [6.07, 6.45) is 1.60. The number of ether oxygens (including phenoxy) is 3. The van der Waals surface area contributed by atoms with Gasteiger partial charge in [0.05, 0.1) is 22.9 Å². The second-order valence-electron chi connectivity index (χ2n) is 8.20. The summed E-state index contributed by atoms with van der Waals surface area (Å²) in [5.41, 5.74) is 2.48. The lowest BCUT2D eigenvalue weighted by Gasteiger charge is -2.27. The van der Waals surface area contributed by atoms with E-state index in [1.807, 2.05) is 73.0 Å². The van der Waals surface area contributed by atoms with Crippen LogP contribution < -0.4 is 14.2 Å². The van der Waals surface area contributed by atoms with Gasteiger partial charge in [-0.2, -0.15) is 4.99 Å². The highest BCUT2D eigenvalue weighted by molar-refractivity contribution is 8.17. The molecule has 2 aliphatic heterocycles. The minimum atomic E-state index is -0.482. The van der Waals surface area contributed by atoms with Crippen molar-refractivity contribution in [2.24, 2.45) is 4.99 Å². The summed E-state index contributed by atoms with van der Waals surface area (Å²) < 4.78 is 17.4. The number of hydrogen-bond acceptors (Lipinski definition) is 6. The molecule has 5 rings (SSSR count). The van der Waals surface area contributed by atoms with Crippen molar-refractivity contribution < 1.29 is 19.0 Å². The Kier molecular flexibility index (Phi) is 7.81. The van der Waals surface area contributed by atoms with Crippen LogP contribution in [0.15, 0.2) is 88.8 Å². The highest BCUT2D eigenvalue weighted by Gasteiger charge is 2.36. The van der Waals surface area contributed by atoms with Crippen molar-refractivity contribution in [2.45, 2.75) is 6.92 Å². The number of carbonyl (C=O) groups excluding carboxylic acids is 1. The number of amides is 1. The zero-order valence-corrected chi connectivity index (χ0v) is 22.1. The molecule has 7 nitrogen and oxygen atoms in total. The van der Waals surface area contributed by atoms with Gasteiger partial charge in [-0.05, 0) is 48.4 Å². The van der Waals surface area contributed by atoms with E-state index in [9.17, 15) is 4.79 Å². The van der Waals surface area contributed by atoms with Crippen LogP contribution in [0.5, 0.6) is 17.2 Å². The molecule has 0 unspecified atom stereocenters. The molecular weight excluding hydrogens is 522 g/mol. The topological polar surface area (TPSA) is 84.2 Å². The van der Waals surface area contributed by atoms with Gasteiger partial charge in [0, 0.05) is 5.41 Å². The maximum absolute atomic E-state index is 12.9. The van der Waals surface area contributed by atoms with Crippen LogP contribution in [0.1, 0.15) is 18.1 Å². The monoisotopic (exact) mass is 545 g/mol. The third-order valence-corrected chi connectivity index (χ3v) is 6.77. The molecule has 2 heterocycles. The lowest BCUT2D eigenvalue weighted by Crippen LogP contribution is -2.38. The van der Waals surface area contributed by atoms with E-state index in [2.05, 4.69) is 4.99 Å². The molecule has 2 aliphatic rings. The van der Waals surface area contributed by atoms with E-state index in [1.54, 1.807) is 23.1 Å². The van der Waals surface area contributed by atoms with Gasteiger partial charge in [0.25, 0.3) is 5.91 Å². The van der Waals surface area contributed by atoms with Crippen LogP contribution in [0.4, 0.5) is 0 Å². The predicted molar refractivity (Wildman–Crippen MR) is 152 cm³/mol. The summed E-state index contributed by atoms with van der Waals surface area (Å²) in [5.74, 6) is 1.15. The summed E-state index contributed by atoms with van der Waals surface area (Å²) in [6.45, 7) is 2.85. The number of nitrogens with one attached hydrogen (secondary N) is 1. The van der Waals surface area contributed by atoms with Gasteiger partial charge in [-0.25, -0.2) is 0 Å². The van der Waals surface area contributed by atoms with E-state index in [0.29, 0.717) is 40.5 Å². The van der Waals surface area contributed by atoms with Gasteiger partial charge in [0.15, 0.2) is 16.7 Å². The first-order valence-electron chi connectivity index (χ1n) is 12.0. The SMILES string of the molecule is CCOc1cc(/C=C2\C(=N)N3C(c4ccccc4)=CSC3=NC2=O)cc(Cl)c1OCCOc1ccccc1. The Hall–Kier alpha value is -4.01. The highest BCUT2D eigenvalue weighted by atomic mass is 35.5. The molecule has 0 fully saturated rings. The number of benzene rings is 3. The maximum Gasteiger partial charge on any atom is 0.283 e. The van der Waals surface area contributed by atoms with Crippen molar-refractivity contribution in [1.29, 1.82) is 5.41 Å². The lowest BCUT2D eigenvalue weighted by molar-refractivity contribution is -0.114. The molecule has 0 spiro atoms. The Bertz CT molecular complexity index is 1460. The molecule has 0 radical (unpaired) electrons. The Labute approximate surface area is 229 Å². The van der Waals surface area contributed by atoms with Crippen LogP contribution in [-0.2, 0) is 4.79 Å². The van der Waals surface area contributed by atoms with Gasteiger partial charge in [-0.15, -0.1) is 0 Å². The number of thioether (sulfide) groups is 1. The van der Waals surface area contributed by atoms with Gasteiger partial charge >= 0.3 is 0 Å². The van der Waals surface area contributed by atoms with Crippen LogP contribution in [-0.4, -0.2) is 41.6 Å². The molecule has 0 saturated carbocycles. The Morgan fingerprint density at radius 2 is 1.71 bits per heavy atom. The fourth-order valence-corrected chi connectivity index (χ4v) is 5.14. The molecular formula is C29H24ClN3O4S. The van der Waals surface area contributed by atoms with Crippen molar-refractivity contribution >= 4 is 52.0 Å². The van der Waals surface area contributed by atoms with E-state index in [4.69, 9.17) is 31.2 Å². The number of rotatable bonds is 9. The third kappa shape index (κ3) is 5.46. The first-order valence-corrected chi connectivity index (χ1v) is 13.2. The number of amidine groups is 2. The van der Waals surface area contributed by atoms with E-state index >= 15 is 0 Å². The standard InChI is InChI=1S/C29H24ClN3O4S/c1-2-35-25-17-19(16-23(30)26(25)37-14-13-36-21-11-7-4-8-12-21)15-22-27(31)33-24(20-9-5-3-6-10-20)18-38-29(33)32-28(22)34/h3-12,15-18,31H,2,13-14H2,1H3/b22-15+,31-27?. The molecule has 0 saturated heterocycles. The van der Waals surface area contributed by atoms with Crippen LogP contribution >= 0.6 is 23.4 Å². The Morgan fingerprint density at radius 3 is 2.45 bits per heavy atom. The van der Waals surface area contributed by atoms with E-state index in [0.717, 1.165) is 17.0 Å². The molecule has 0 aliphatic carbocycles. The maximum atomic E-state index is 12.9. The second-order valence-corrected chi connectivity index (χ2v) is 9.45. The number of fused-ring (bicyclic) bond motifs is 1. The first-order chi connectivity index (χ1) is 18.5. The normalized spacial score (nSPS) is 15.7. The summed E-state index contributed by atoms with van der Waals surface area (Å²) in [7, 11) is 0. The van der Waals surface area contributed by atoms with E-state index in [1.165, 1.54) is 11.8 Å². The average Bonchev–Trinajstić information content (AvgIpc) is 3.35. The summed E-state index contributed by atoms with van der Waals surface area (Å²) in [4.78, 5) is 18.8. The lowest BCUT2D eigenvalue weighted by atomic mass is 10.1. The van der Waals surface area contributed by atoms with Gasteiger partial charge in [-0.1, -0.05) is 71.9 Å². The molecule has 0 aromatic heterocycles. The molecule has 1 amide bonds. The minimum absolute atomic E-state index is 0.0487. The van der Waals surface area contributed by atoms with Crippen molar-refractivity contribution in [3.8, 4) is 17.2 Å². The molecule has 192 valence electrons. The molecule has 0 atom stereocenters. The third-order valence-electron chi connectivity index (χ3n) is 5.67. The van der Waals surface area contributed by atoms with E-state index in [-0.39, 0.29) is 18.0 Å². The summed E-state index contributed by atoms with van der Waals surface area (Å²) >= 11 is 7.91. The second kappa shape index (κ2) is 11.6. The fourth-order valence-electron chi connectivity index (χ4n) is 3.98. The zero-order chi connectivity index (χ0) is 26.5. The fraction of sp³-hybridized carbons (Fsp3) is 0.138. The van der Waals surface area contributed by atoms with Gasteiger partial charge in [0.1, 0.15) is 24.8 Å². The molecule has 38 heavy (non-hydrogen) atoms. The zero-order valence-electron chi connectivity index (χ0n) is 20.5. The van der Waals surface area contributed by atoms with E-state index < -0.39 is 5.91 Å². The summed E-state index contributed by atoms with van der Waals surface area (Å²) in [5, 5.41) is 11.5. The molecule has 9 heteroatoms. The Morgan fingerprint density at radius 1 is 1.00 bits per heavy atom. The first kappa shape index (κ1) is 25.6. The van der Waals surface area contributed by atoms with Gasteiger partial charge in [0.2, 0.25) is 0 Å². The van der Waals surface area contributed by atoms with Crippen LogP contribution in [0.2, 0.25) is 5.02 Å². The van der Waals surface area contributed by atoms with Gasteiger partial charge in [-0.3, -0.25) is 15.1 Å². The average molecular weight is 546 g/mol. The Balaban J connectivity index is 1.37. The number of para-hydroxylation sites is 1. The molecule has 3 aromatic rings. The number of hydrogen-bond donors (Lipinski definition) is 1. The van der Waals surface area contributed by atoms with Crippen molar-refractivity contribution in [3.63, 3.8) is 0 Å². The van der Waals surface area contributed by atoms with Crippen LogP contribution in [0.3, 0.4) is 0 Å². The quantitative estimate of drug-likeness (QED) is 0.244. The predicted octanol–water partition coefficient (Wildman–Crippen LogP) is 6.50. The van der Waals surface area contributed by atoms with Crippen molar-refractivity contribution in [3.05, 3.63) is 99.9 Å². The molecule has 3 aromatic carbocycles. The number of halogens is 1. The number of carbonyl (C=O) groups is 1.